The van der Waals surface area contributed by atoms with E-state index in [1.54, 1.807) is 14.2 Å². The summed E-state index contributed by atoms with van der Waals surface area (Å²) in [6, 6.07) is 16.7. The Hall–Kier alpha value is -1.64. The lowest BCUT2D eigenvalue weighted by Crippen LogP contribution is -2.20. The first-order valence-electron chi connectivity index (χ1n) is 6.10. The van der Waals surface area contributed by atoms with E-state index in [0.29, 0.717) is 0 Å². The zero-order valence-corrected chi connectivity index (χ0v) is 10.6. The zero-order chi connectivity index (χ0) is 12.5. The molecular formula is C16H16O2. The van der Waals surface area contributed by atoms with E-state index < -0.39 is 0 Å². The summed E-state index contributed by atoms with van der Waals surface area (Å²) in [4.78, 5) is 0. The molecule has 0 aromatic heterocycles. The van der Waals surface area contributed by atoms with E-state index in [4.69, 9.17) is 9.47 Å². The first-order chi connectivity index (χ1) is 8.86. The minimum Gasteiger partial charge on any atom is -0.374 e. The van der Waals surface area contributed by atoms with Crippen molar-refractivity contribution < 1.29 is 9.47 Å². The summed E-state index contributed by atoms with van der Waals surface area (Å²) in [5.41, 5.74) is 4.89. The standard InChI is InChI=1S/C16H16O2/c1-17-15-13-9-5-3-7-11(13)12-8-4-6-10-14(12)16(15)18-2/h3-10,15-16H,1-2H3. The largest absolute Gasteiger partial charge is 0.374 e. The molecule has 0 saturated carbocycles. The third-order valence-corrected chi connectivity index (χ3v) is 3.61. The average molecular weight is 240 g/mol. The van der Waals surface area contributed by atoms with Crippen LogP contribution >= 0.6 is 0 Å². The van der Waals surface area contributed by atoms with Crippen LogP contribution in [0.3, 0.4) is 0 Å². The minimum atomic E-state index is -0.0406. The van der Waals surface area contributed by atoms with Crippen LogP contribution in [0.1, 0.15) is 23.3 Å². The molecule has 0 saturated heterocycles. The van der Waals surface area contributed by atoms with Crippen LogP contribution in [-0.2, 0) is 9.47 Å². The van der Waals surface area contributed by atoms with Gasteiger partial charge in [0.2, 0.25) is 0 Å². The lowest BCUT2D eigenvalue weighted by Gasteiger charge is -2.33. The highest BCUT2D eigenvalue weighted by molar-refractivity contribution is 5.74. The number of benzene rings is 2. The summed E-state index contributed by atoms with van der Waals surface area (Å²) >= 11 is 0. The number of fused-ring (bicyclic) bond motifs is 3. The Morgan fingerprint density at radius 2 is 1.06 bits per heavy atom. The molecule has 2 nitrogen and oxygen atoms in total. The van der Waals surface area contributed by atoms with Crippen molar-refractivity contribution >= 4 is 0 Å². The third-order valence-electron chi connectivity index (χ3n) is 3.61. The number of hydrogen-bond donors (Lipinski definition) is 0. The first kappa shape index (κ1) is 11.5. The third kappa shape index (κ3) is 1.57. The van der Waals surface area contributed by atoms with Gasteiger partial charge in [-0.25, -0.2) is 0 Å². The smallest absolute Gasteiger partial charge is 0.113 e. The lowest BCUT2D eigenvalue weighted by atomic mass is 9.82. The van der Waals surface area contributed by atoms with Crippen LogP contribution in [-0.4, -0.2) is 14.2 Å². The molecule has 0 bridgehead atoms. The predicted molar refractivity (Wildman–Crippen MR) is 71.4 cm³/mol. The molecule has 3 rings (SSSR count). The topological polar surface area (TPSA) is 18.5 Å². The minimum absolute atomic E-state index is 0.0406. The molecule has 0 fully saturated rings. The molecule has 2 aromatic rings. The molecule has 18 heavy (non-hydrogen) atoms. The fraction of sp³-hybridized carbons (Fsp3) is 0.250. The fourth-order valence-corrected chi connectivity index (χ4v) is 2.81. The van der Waals surface area contributed by atoms with Crippen molar-refractivity contribution in [3.05, 3.63) is 59.7 Å². The summed E-state index contributed by atoms with van der Waals surface area (Å²) in [6.45, 7) is 0. The van der Waals surface area contributed by atoms with Crippen molar-refractivity contribution in [2.75, 3.05) is 14.2 Å². The van der Waals surface area contributed by atoms with Gasteiger partial charge in [0.25, 0.3) is 0 Å². The summed E-state index contributed by atoms with van der Waals surface area (Å²) in [7, 11) is 3.47. The molecule has 0 heterocycles. The first-order valence-corrected chi connectivity index (χ1v) is 6.10. The van der Waals surface area contributed by atoms with E-state index in [9.17, 15) is 0 Å². The highest BCUT2D eigenvalue weighted by atomic mass is 16.5. The maximum atomic E-state index is 5.65. The number of hydrogen-bond acceptors (Lipinski definition) is 2. The second-order valence-corrected chi connectivity index (χ2v) is 4.49. The van der Waals surface area contributed by atoms with Crippen LogP contribution in [0.2, 0.25) is 0 Å². The Bertz CT molecular complexity index is 511. The molecular weight excluding hydrogens is 224 g/mol. The van der Waals surface area contributed by atoms with Crippen molar-refractivity contribution in [2.45, 2.75) is 12.2 Å². The molecule has 2 unspecified atom stereocenters. The number of ether oxygens (including phenoxy) is 2. The molecule has 1 aliphatic rings. The predicted octanol–water partition coefficient (Wildman–Crippen LogP) is 3.74. The van der Waals surface area contributed by atoms with E-state index in [2.05, 4.69) is 36.4 Å². The van der Waals surface area contributed by atoms with Crippen molar-refractivity contribution in [1.29, 1.82) is 0 Å². The fourth-order valence-electron chi connectivity index (χ4n) is 2.81. The van der Waals surface area contributed by atoms with Gasteiger partial charge in [-0.15, -0.1) is 0 Å². The van der Waals surface area contributed by atoms with Gasteiger partial charge in [-0.3, -0.25) is 0 Å². The molecule has 2 heteroatoms. The van der Waals surface area contributed by atoms with Gasteiger partial charge in [-0.2, -0.15) is 0 Å². The number of methoxy groups -OCH3 is 2. The summed E-state index contributed by atoms with van der Waals surface area (Å²) in [6.07, 6.45) is -0.0813. The van der Waals surface area contributed by atoms with E-state index >= 15 is 0 Å². The Balaban J connectivity index is 2.27. The molecule has 2 aromatic carbocycles. The quantitative estimate of drug-likeness (QED) is 0.796. The van der Waals surface area contributed by atoms with Crippen LogP contribution in [0.15, 0.2) is 48.5 Å². The summed E-state index contributed by atoms with van der Waals surface area (Å²) in [5, 5.41) is 0. The second-order valence-electron chi connectivity index (χ2n) is 4.49. The van der Waals surface area contributed by atoms with Crippen LogP contribution in [0.5, 0.6) is 0 Å². The summed E-state index contributed by atoms with van der Waals surface area (Å²) < 4.78 is 11.3. The summed E-state index contributed by atoms with van der Waals surface area (Å²) in [5.74, 6) is 0. The Kier molecular flexibility index (Phi) is 2.90. The molecule has 0 aliphatic heterocycles. The highest BCUT2D eigenvalue weighted by Gasteiger charge is 2.33. The molecule has 2 atom stereocenters. The van der Waals surface area contributed by atoms with Crippen LogP contribution in [0, 0.1) is 0 Å². The SMILES string of the molecule is COC1c2ccccc2-c2ccccc2C1OC. The van der Waals surface area contributed by atoms with E-state index in [1.807, 2.05) is 12.1 Å². The maximum absolute atomic E-state index is 5.65. The molecule has 0 amide bonds. The van der Waals surface area contributed by atoms with Gasteiger partial charge in [0.1, 0.15) is 12.2 Å². The van der Waals surface area contributed by atoms with Crippen molar-refractivity contribution in [3.63, 3.8) is 0 Å². The van der Waals surface area contributed by atoms with Gasteiger partial charge in [-0.1, -0.05) is 48.5 Å². The molecule has 0 radical (unpaired) electrons. The van der Waals surface area contributed by atoms with Gasteiger partial charge in [0.05, 0.1) is 0 Å². The molecule has 92 valence electrons. The van der Waals surface area contributed by atoms with Gasteiger partial charge in [0, 0.05) is 14.2 Å². The lowest BCUT2D eigenvalue weighted by molar-refractivity contribution is -0.0408. The Labute approximate surface area is 107 Å². The van der Waals surface area contributed by atoms with Crippen molar-refractivity contribution in [3.8, 4) is 11.1 Å². The molecule has 0 N–H and O–H groups in total. The van der Waals surface area contributed by atoms with Gasteiger partial charge in [0.15, 0.2) is 0 Å². The zero-order valence-electron chi connectivity index (χ0n) is 10.6. The van der Waals surface area contributed by atoms with E-state index in [1.165, 1.54) is 22.3 Å². The van der Waals surface area contributed by atoms with Gasteiger partial charge in [-0.05, 0) is 22.3 Å². The van der Waals surface area contributed by atoms with Crippen molar-refractivity contribution in [2.24, 2.45) is 0 Å². The number of rotatable bonds is 2. The maximum Gasteiger partial charge on any atom is 0.113 e. The molecule has 0 spiro atoms. The monoisotopic (exact) mass is 240 g/mol. The van der Waals surface area contributed by atoms with Gasteiger partial charge < -0.3 is 9.47 Å². The van der Waals surface area contributed by atoms with Crippen molar-refractivity contribution in [1.82, 2.24) is 0 Å². The van der Waals surface area contributed by atoms with Crippen LogP contribution in [0.25, 0.3) is 11.1 Å². The Morgan fingerprint density at radius 3 is 1.44 bits per heavy atom. The van der Waals surface area contributed by atoms with Crippen LogP contribution in [0.4, 0.5) is 0 Å². The second kappa shape index (κ2) is 4.56. The molecule has 1 aliphatic carbocycles. The van der Waals surface area contributed by atoms with E-state index in [-0.39, 0.29) is 12.2 Å². The average Bonchev–Trinajstić information content (AvgIpc) is 2.45. The van der Waals surface area contributed by atoms with Gasteiger partial charge >= 0.3 is 0 Å². The normalized spacial score (nSPS) is 21.2. The highest BCUT2D eigenvalue weighted by Crippen LogP contribution is 2.47. The van der Waals surface area contributed by atoms with Crippen LogP contribution < -0.4 is 0 Å². The Morgan fingerprint density at radius 1 is 0.667 bits per heavy atom. The van der Waals surface area contributed by atoms with E-state index in [0.717, 1.165) is 0 Å².